The number of rotatable bonds is 4. The molecule has 0 saturated carbocycles. The fourth-order valence-electron chi connectivity index (χ4n) is 1.07. The van der Waals surface area contributed by atoms with E-state index in [1.807, 2.05) is 0 Å². The van der Waals surface area contributed by atoms with Crippen LogP contribution in [0, 0.1) is 5.82 Å². The van der Waals surface area contributed by atoms with Crippen molar-refractivity contribution in [2.75, 3.05) is 13.7 Å². The maximum atomic E-state index is 13.4. The lowest BCUT2D eigenvalue weighted by Crippen LogP contribution is -2.33. The van der Waals surface area contributed by atoms with Crippen molar-refractivity contribution in [3.05, 3.63) is 29.6 Å². The number of primary amides is 1. The average molecular weight is 226 g/mol. The SMILES string of the molecule is COc1ccc(C(=O)NCC(N)=O)c(F)c1. The molecule has 1 aromatic rings. The van der Waals surface area contributed by atoms with E-state index in [1.54, 1.807) is 0 Å². The summed E-state index contributed by atoms with van der Waals surface area (Å²) in [5.41, 5.74) is 4.67. The number of nitrogens with two attached hydrogens (primary N) is 1. The number of hydrogen-bond acceptors (Lipinski definition) is 3. The Bertz CT molecular complexity index is 421. The highest BCUT2D eigenvalue weighted by atomic mass is 19.1. The van der Waals surface area contributed by atoms with Gasteiger partial charge in [-0.3, -0.25) is 9.59 Å². The summed E-state index contributed by atoms with van der Waals surface area (Å²) in [7, 11) is 1.39. The fourth-order valence-corrected chi connectivity index (χ4v) is 1.07. The maximum Gasteiger partial charge on any atom is 0.254 e. The number of ether oxygens (including phenoxy) is 1. The summed E-state index contributed by atoms with van der Waals surface area (Å²) < 4.78 is 18.1. The number of hydrogen-bond donors (Lipinski definition) is 2. The van der Waals surface area contributed by atoms with Gasteiger partial charge in [0.05, 0.1) is 19.2 Å². The van der Waals surface area contributed by atoms with Gasteiger partial charge >= 0.3 is 0 Å². The predicted octanol–water partition coefficient (Wildman–Crippen LogP) is 0.0494. The van der Waals surface area contributed by atoms with Crippen LogP contribution < -0.4 is 15.8 Å². The maximum absolute atomic E-state index is 13.4. The molecule has 3 N–H and O–H groups in total. The van der Waals surface area contributed by atoms with Crippen molar-refractivity contribution in [2.45, 2.75) is 0 Å². The van der Waals surface area contributed by atoms with Crippen LogP contribution in [0.5, 0.6) is 5.75 Å². The van der Waals surface area contributed by atoms with Crippen molar-refractivity contribution >= 4 is 11.8 Å². The van der Waals surface area contributed by atoms with E-state index in [-0.39, 0.29) is 12.1 Å². The van der Waals surface area contributed by atoms with Gasteiger partial charge in [-0.2, -0.15) is 0 Å². The Morgan fingerprint density at radius 1 is 1.50 bits per heavy atom. The molecule has 0 radical (unpaired) electrons. The summed E-state index contributed by atoms with van der Waals surface area (Å²) in [4.78, 5) is 21.8. The first-order valence-electron chi connectivity index (χ1n) is 4.44. The van der Waals surface area contributed by atoms with Crippen LogP contribution in [-0.2, 0) is 4.79 Å². The van der Waals surface area contributed by atoms with Crippen molar-refractivity contribution in [3.8, 4) is 5.75 Å². The van der Waals surface area contributed by atoms with Gasteiger partial charge in [0.25, 0.3) is 5.91 Å². The van der Waals surface area contributed by atoms with E-state index in [0.29, 0.717) is 5.75 Å². The summed E-state index contributed by atoms with van der Waals surface area (Å²) in [5, 5.41) is 2.18. The Balaban J connectivity index is 2.79. The van der Waals surface area contributed by atoms with Crippen molar-refractivity contribution < 1.29 is 18.7 Å². The van der Waals surface area contributed by atoms with Gasteiger partial charge in [0.15, 0.2) is 0 Å². The molecule has 16 heavy (non-hydrogen) atoms. The number of halogens is 1. The lowest BCUT2D eigenvalue weighted by molar-refractivity contribution is -0.117. The molecule has 86 valence electrons. The van der Waals surface area contributed by atoms with Crippen LogP contribution in [0.3, 0.4) is 0 Å². The zero-order valence-electron chi connectivity index (χ0n) is 8.62. The second kappa shape index (κ2) is 5.11. The van der Waals surface area contributed by atoms with Crippen LogP contribution in [0.1, 0.15) is 10.4 Å². The molecular formula is C10H11FN2O3. The van der Waals surface area contributed by atoms with Gasteiger partial charge in [0.1, 0.15) is 11.6 Å². The highest BCUT2D eigenvalue weighted by Gasteiger charge is 2.12. The van der Waals surface area contributed by atoms with Crippen LogP contribution in [0.15, 0.2) is 18.2 Å². The molecule has 0 aliphatic carbocycles. The number of nitrogens with one attached hydrogen (secondary N) is 1. The molecule has 0 atom stereocenters. The molecule has 0 aliphatic rings. The quantitative estimate of drug-likeness (QED) is 0.761. The van der Waals surface area contributed by atoms with Gasteiger partial charge in [-0.25, -0.2) is 4.39 Å². The minimum Gasteiger partial charge on any atom is -0.497 e. The fraction of sp³-hybridized carbons (Fsp3) is 0.200. The Hall–Kier alpha value is -2.11. The Morgan fingerprint density at radius 3 is 2.69 bits per heavy atom. The number of methoxy groups -OCH3 is 1. The van der Waals surface area contributed by atoms with Crippen LogP contribution in [-0.4, -0.2) is 25.5 Å². The smallest absolute Gasteiger partial charge is 0.254 e. The minimum absolute atomic E-state index is 0.165. The summed E-state index contributed by atoms with van der Waals surface area (Å²) in [6.07, 6.45) is 0. The van der Waals surface area contributed by atoms with Gasteiger partial charge in [-0.05, 0) is 12.1 Å². The normalized spacial score (nSPS) is 9.62. The van der Waals surface area contributed by atoms with E-state index in [0.717, 1.165) is 6.07 Å². The van der Waals surface area contributed by atoms with Crippen molar-refractivity contribution in [2.24, 2.45) is 5.73 Å². The monoisotopic (exact) mass is 226 g/mol. The highest BCUT2D eigenvalue weighted by Crippen LogP contribution is 2.15. The summed E-state index contributed by atoms with van der Waals surface area (Å²) >= 11 is 0. The number of amides is 2. The van der Waals surface area contributed by atoms with Gasteiger partial charge in [0.2, 0.25) is 5.91 Å². The topological polar surface area (TPSA) is 81.4 Å². The molecule has 0 heterocycles. The Morgan fingerprint density at radius 2 is 2.19 bits per heavy atom. The molecule has 1 aromatic carbocycles. The Kier molecular flexibility index (Phi) is 3.82. The molecule has 1 rings (SSSR count). The number of benzene rings is 1. The summed E-state index contributed by atoms with van der Waals surface area (Å²) in [5.74, 6) is -1.80. The average Bonchev–Trinajstić information content (AvgIpc) is 2.25. The third-order valence-electron chi connectivity index (χ3n) is 1.84. The zero-order chi connectivity index (χ0) is 12.1. The molecule has 0 spiro atoms. The van der Waals surface area contributed by atoms with Crippen LogP contribution >= 0.6 is 0 Å². The van der Waals surface area contributed by atoms with Gasteiger partial charge in [-0.1, -0.05) is 0 Å². The van der Waals surface area contributed by atoms with Crippen LogP contribution in [0.4, 0.5) is 4.39 Å². The number of carbonyl (C=O) groups is 2. The second-order valence-electron chi connectivity index (χ2n) is 2.99. The second-order valence-corrected chi connectivity index (χ2v) is 2.99. The molecule has 0 aromatic heterocycles. The number of carbonyl (C=O) groups excluding carboxylic acids is 2. The molecule has 6 heteroatoms. The lowest BCUT2D eigenvalue weighted by atomic mass is 10.2. The predicted molar refractivity (Wildman–Crippen MR) is 54.5 cm³/mol. The van der Waals surface area contributed by atoms with Gasteiger partial charge < -0.3 is 15.8 Å². The van der Waals surface area contributed by atoms with Gasteiger partial charge in [-0.15, -0.1) is 0 Å². The van der Waals surface area contributed by atoms with Crippen molar-refractivity contribution in [1.29, 1.82) is 0 Å². The molecule has 0 saturated heterocycles. The van der Waals surface area contributed by atoms with E-state index >= 15 is 0 Å². The lowest BCUT2D eigenvalue weighted by Gasteiger charge is -2.05. The van der Waals surface area contributed by atoms with Crippen molar-refractivity contribution in [1.82, 2.24) is 5.32 Å². The largest absolute Gasteiger partial charge is 0.497 e. The molecule has 5 nitrogen and oxygen atoms in total. The first-order valence-corrected chi connectivity index (χ1v) is 4.44. The van der Waals surface area contributed by atoms with Crippen LogP contribution in [0.2, 0.25) is 0 Å². The first kappa shape index (κ1) is 12.0. The van der Waals surface area contributed by atoms with E-state index in [9.17, 15) is 14.0 Å². The highest BCUT2D eigenvalue weighted by molar-refractivity contribution is 5.96. The summed E-state index contributed by atoms with van der Waals surface area (Å²) in [6, 6.07) is 3.80. The van der Waals surface area contributed by atoms with E-state index in [4.69, 9.17) is 10.5 Å². The summed E-state index contributed by atoms with van der Waals surface area (Å²) in [6.45, 7) is -0.329. The van der Waals surface area contributed by atoms with Crippen molar-refractivity contribution in [3.63, 3.8) is 0 Å². The Labute approximate surface area is 91.4 Å². The zero-order valence-corrected chi connectivity index (χ0v) is 8.62. The molecule has 0 aliphatic heterocycles. The molecule has 0 unspecified atom stereocenters. The van der Waals surface area contributed by atoms with E-state index in [2.05, 4.69) is 5.32 Å². The van der Waals surface area contributed by atoms with E-state index < -0.39 is 17.6 Å². The standard InChI is InChI=1S/C10H11FN2O3/c1-16-6-2-3-7(8(11)4-6)10(15)13-5-9(12)14/h2-4H,5H2,1H3,(H2,12,14)(H,13,15). The molecule has 2 amide bonds. The minimum atomic E-state index is -0.721. The molecular weight excluding hydrogens is 215 g/mol. The third kappa shape index (κ3) is 2.94. The van der Waals surface area contributed by atoms with Crippen LogP contribution in [0.25, 0.3) is 0 Å². The molecule has 0 fully saturated rings. The molecule has 0 bridgehead atoms. The third-order valence-corrected chi connectivity index (χ3v) is 1.84. The van der Waals surface area contributed by atoms with E-state index in [1.165, 1.54) is 19.2 Å². The van der Waals surface area contributed by atoms with Gasteiger partial charge in [0, 0.05) is 6.07 Å². The first-order chi connectivity index (χ1) is 7.54.